The van der Waals surface area contributed by atoms with E-state index in [0.717, 1.165) is 29.7 Å². The fourth-order valence-electron chi connectivity index (χ4n) is 1.76. The van der Waals surface area contributed by atoms with Crippen LogP contribution in [0, 0.1) is 6.92 Å². The van der Waals surface area contributed by atoms with Crippen molar-refractivity contribution in [2.75, 3.05) is 19.7 Å². The molecule has 0 aliphatic carbocycles. The third-order valence-corrected chi connectivity index (χ3v) is 4.08. The summed E-state index contributed by atoms with van der Waals surface area (Å²) in [5, 5.41) is 7.71. The van der Waals surface area contributed by atoms with Crippen LogP contribution < -0.4 is 10.1 Å². The second kappa shape index (κ2) is 7.68. The first-order valence-electron chi connectivity index (χ1n) is 6.36. The summed E-state index contributed by atoms with van der Waals surface area (Å²) in [7, 11) is 0. The number of benzene rings is 1. The van der Waals surface area contributed by atoms with Crippen LogP contribution in [0.2, 0.25) is 0 Å². The van der Waals surface area contributed by atoms with E-state index in [2.05, 4.69) is 51.1 Å². The lowest BCUT2D eigenvalue weighted by atomic mass is 10.2. The average molecular weight is 340 g/mol. The van der Waals surface area contributed by atoms with Crippen LogP contribution in [0.3, 0.4) is 0 Å². The molecular formula is C15H18BrNOS. The molecule has 0 unspecified atom stereocenters. The van der Waals surface area contributed by atoms with Crippen molar-refractivity contribution in [2.24, 2.45) is 0 Å². The van der Waals surface area contributed by atoms with Crippen LogP contribution in [0.1, 0.15) is 11.1 Å². The van der Waals surface area contributed by atoms with Gasteiger partial charge in [0, 0.05) is 11.0 Å². The molecule has 0 radical (unpaired) electrons. The van der Waals surface area contributed by atoms with Gasteiger partial charge in [-0.2, -0.15) is 11.3 Å². The van der Waals surface area contributed by atoms with E-state index in [-0.39, 0.29) is 0 Å². The normalized spacial score (nSPS) is 10.6. The van der Waals surface area contributed by atoms with Gasteiger partial charge in [-0.25, -0.2) is 0 Å². The lowest BCUT2D eigenvalue weighted by Crippen LogP contribution is -2.23. The van der Waals surface area contributed by atoms with Gasteiger partial charge in [-0.3, -0.25) is 0 Å². The Morgan fingerprint density at radius 2 is 2.16 bits per heavy atom. The zero-order valence-electron chi connectivity index (χ0n) is 11.0. The number of ether oxygens (including phenoxy) is 1. The maximum Gasteiger partial charge on any atom is 0.123 e. The van der Waals surface area contributed by atoms with E-state index < -0.39 is 0 Å². The SMILES string of the molecule is Cc1ccc(Br)cc1OCCNCCc1ccsc1. The second-order valence-corrected chi connectivity index (χ2v) is 6.09. The fraction of sp³-hybridized carbons (Fsp3) is 0.333. The number of halogens is 1. The van der Waals surface area contributed by atoms with Crippen LogP contribution in [0.5, 0.6) is 5.75 Å². The molecule has 102 valence electrons. The minimum atomic E-state index is 0.695. The number of aryl methyl sites for hydroxylation is 1. The molecule has 0 saturated heterocycles. The Balaban J connectivity index is 1.62. The van der Waals surface area contributed by atoms with Crippen LogP contribution in [0.15, 0.2) is 39.5 Å². The number of hydrogen-bond acceptors (Lipinski definition) is 3. The Hall–Kier alpha value is -0.840. The molecule has 2 nitrogen and oxygen atoms in total. The summed E-state index contributed by atoms with van der Waals surface area (Å²) in [5.41, 5.74) is 2.57. The summed E-state index contributed by atoms with van der Waals surface area (Å²) >= 11 is 5.21. The molecule has 0 atom stereocenters. The molecular weight excluding hydrogens is 322 g/mol. The van der Waals surface area contributed by atoms with Gasteiger partial charge in [0.1, 0.15) is 12.4 Å². The van der Waals surface area contributed by atoms with Crippen molar-refractivity contribution < 1.29 is 4.74 Å². The number of hydrogen-bond donors (Lipinski definition) is 1. The molecule has 2 rings (SSSR count). The largest absolute Gasteiger partial charge is 0.492 e. The number of thiophene rings is 1. The second-order valence-electron chi connectivity index (χ2n) is 4.39. The third kappa shape index (κ3) is 4.97. The Morgan fingerprint density at radius 1 is 1.26 bits per heavy atom. The van der Waals surface area contributed by atoms with Crippen LogP contribution in [-0.4, -0.2) is 19.7 Å². The Labute approximate surface area is 126 Å². The van der Waals surface area contributed by atoms with Crippen molar-refractivity contribution in [3.8, 4) is 5.75 Å². The highest BCUT2D eigenvalue weighted by Crippen LogP contribution is 2.22. The van der Waals surface area contributed by atoms with E-state index >= 15 is 0 Å². The highest BCUT2D eigenvalue weighted by Gasteiger charge is 2.00. The maximum atomic E-state index is 5.76. The van der Waals surface area contributed by atoms with Gasteiger partial charge in [-0.1, -0.05) is 22.0 Å². The molecule has 4 heteroatoms. The molecule has 0 spiro atoms. The van der Waals surface area contributed by atoms with Crippen molar-refractivity contribution in [3.05, 3.63) is 50.6 Å². The summed E-state index contributed by atoms with van der Waals surface area (Å²) in [4.78, 5) is 0. The standard InChI is InChI=1S/C15H18BrNOS/c1-12-2-3-14(16)10-15(12)18-8-7-17-6-4-13-5-9-19-11-13/h2-3,5,9-11,17H,4,6-8H2,1H3. The number of rotatable bonds is 7. The van der Waals surface area contributed by atoms with Crippen LogP contribution in [-0.2, 0) is 6.42 Å². The molecule has 1 heterocycles. The molecule has 1 N–H and O–H groups in total. The lowest BCUT2D eigenvalue weighted by molar-refractivity contribution is 0.312. The van der Waals surface area contributed by atoms with Gasteiger partial charge in [0.15, 0.2) is 0 Å². The number of nitrogens with one attached hydrogen (secondary N) is 1. The highest BCUT2D eigenvalue weighted by atomic mass is 79.9. The van der Waals surface area contributed by atoms with E-state index in [1.165, 1.54) is 11.1 Å². The first kappa shape index (κ1) is 14.6. The lowest BCUT2D eigenvalue weighted by Gasteiger charge is -2.10. The molecule has 1 aromatic heterocycles. The topological polar surface area (TPSA) is 21.3 Å². The summed E-state index contributed by atoms with van der Waals surface area (Å²) in [5.74, 6) is 0.953. The van der Waals surface area contributed by atoms with Gasteiger partial charge >= 0.3 is 0 Å². The summed E-state index contributed by atoms with van der Waals surface area (Å²) in [6.45, 7) is 4.63. The van der Waals surface area contributed by atoms with E-state index in [1.54, 1.807) is 11.3 Å². The molecule has 0 bridgehead atoms. The van der Waals surface area contributed by atoms with Crippen molar-refractivity contribution >= 4 is 27.3 Å². The van der Waals surface area contributed by atoms with Gasteiger partial charge in [-0.05, 0) is 60.0 Å². The molecule has 0 fully saturated rings. The summed E-state index contributed by atoms with van der Waals surface area (Å²) < 4.78 is 6.82. The van der Waals surface area contributed by atoms with Crippen molar-refractivity contribution in [1.29, 1.82) is 0 Å². The smallest absolute Gasteiger partial charge is 0.123 e. The van der Waals surface area contributed by atoms with Crippen LogP contribution in [0.4, 0.5) is 0 Å². The minimum Gasteiger partial charge on any atom is -0.492 e. The van der Waals surface area contributed by atoms with E-state index in [9.17, 15) is 0 Å². The highest BCUT2D eigenvalue weighted by molar-refractivity contribution is 9.10. The zero-order chi connectivity index (χ0) is 13.5. The van der Waals surface area contributed by atoms with Crippen molar-refractivity contribution in [2.45, 2.75) is 13.3 Å². The molecule has 0 saturated carbocycles. The van der Waals surface area contributed by atoms with Gasteiger partial charge in [-0.15, -0.1) is 0 Å². The average Bonchev–Trinajstić information content (AvgIpc) is 2.90. The van der Waals surface area contributed by atoms with E-state index in [1.807, 2.05) is 12.1 Å². The van der Waals surface area contributed by atoms with Gasteiger partial charge in [0.2, 0.25) is 0 Å². The van der Waals surface area contributed by atoms with Crippen LogP contribution >= 0.6 is 27.3 Å². The summed E-state index contributed by atoms with van der Waals surface area (Å²) in [6.07, 6.45) is 1.08. The van der Waals surface area contributed by atoms with Gasteiger partial charge < -0.3 is 10.1 Å². The van der Waals surface area contributed by atoms with E-state index in [4.69, 9.17) is 4.74 Å². The predicted molar refractivity (Wildman–Crippen MR) is 85.3 cm³/mol. The Morgan fingerprint density at radius 3 is 2.95 bits per heavy atom. The fourth-order valence-corrected chi connectivity index (χ4v) is 2.80. The maximum absolute atomic E-state index is 5.76. The Bertz CT molecular complexity index is 499. The summed E-state index contributed by atoms with van der Waals surface area (Å²) in [6, 6.07) is 8.28. The molecule has 1 aromatic carbocycles. The quantitative estimate of drug-likeness (QED) is 0.769. The molecule has 2 aromatic rings. The van der Waals surface area contributed by atoms with Crippen molar-refractivity contribution in [3.63, 3.8) is 0 Å². The minimum absolute atomic E-state index is 0.695. The zero-order valence-corrected chi connectivity index (χ0v) is 13.4. The first-order valence-corrected chi connectivity index (χ1v) is 8.10. The monoisotopic (exact) mass is 339 g/mol. The van der Waals surface area contributed by atoms with E-state index in [0.29, 0.717) is 6.61 Å². The van der Waals surface area contributed by atoms with Crippen LogP contribution in [0.25, 0.3) is 0 Å². The van der Waals surface area contributed by atoms with Crippen molar-refractivity contribution in [1.82, 2.24) is 5.32 Å². The Kier molecular flexibility index (Phi) is 5.89. The molecule has 19 heavy (non-hydrogen) atoms. The van der Waals surface area contributed by atoms with Gasteiger partial charge in [0.05, 0.1) is 0 Å². The third-order valence-electron chi connectivity index (χ3n) is 2.86. The molecule has 0 aliphatic rings. The predicted octanol–water partition coefficient (Wildman–Crippen LogP) is 4.03. The molecule has 0 aliphatic heterocycles. The first-order chi connectivity index (χ1) is 9.25. The molecule has 0 amide bonds. The van der Waals surface area contributed by atoms with Gasteiger partial charge in [0.25, 0.3) is 0 Å².